The van der Waals surface area contributed by atoms with Crippen LogP contribution in [0.1, 0.15) is 121 Å². The molecule has 0 aromatic carbocycles. The number of likely N-dealkylation sites (N-methyl/N-ethyl adjacent to an activating group) is 1. The number of esters is 1. The van der Waals surface area contributed by atoms with Crippen LogP contribution in [-0.4, -0.2) is 167 Å². The topological polar surface area (TPSA) is 201 Å². The van der Waals surface area contributed by atoms with E-state index in [1.54, 1.807) is 41.7 Å². The summed E-state index contributed by atoms with van der Waals surface area (Å²) in [7, 11) is 5.34. The van der Waals surface area contributed by atoms with Crippen molar-refractivity contribution in [2.24, 2.45) is 17.8 Å². The van der Waals surface area contributed by atoms with Crippen LogP contribution in [0.15, 0.2) is 0 Å². The molecule has 4 rings (SSSR count). The summed E-state index contributed by atoms with van der Waals surface area (Å²) in [6.45, 7) is 18.3. The van der Waals surface area contributed by atoms with Crippen LogP contribution >= 0.6 is 0 Å². The largest absolute Gasteiger partial charge is 0.459 e. The van der Waals surface area contributed by atoms with Crippen LogP contribution in [0.3, 0.4) is 0 Å². The monoisotopic (exact) mass is 832 g/mol. The second-order valence-corrected chi connectivity index (χ2v) is 19.4. The minimum Gasteiger partial charge on any atom is -0.459 e. The molecule has 15 heteroatoms. The predicted molar refractivity (Wildman–Crippen MR) is 219 cm³/mol. The number of hydrogen-bond acceptors (Lipinski definition) is 15. The van der Waals surface area contributed by atoms with Crippen molar-refractivity contribution in [1.29, 1.82) is 0 Å². The summed E-state index contributed by atoms with van der Waals surface area (Å²) >= 11 is 0. The van der Waals surface area contributed by atoms with Gasteiger partial charge in [0.05, 0.1) is 35.9 Å². The van der Waals surface area contributed by atoms with Gasteiger partial charge in [0.15, 0.2) is 12.6 Å². The van der Waals surface area contributed by atoms with Gasteiger partial charge in [0.1, 0.15) is 35.1 Å². The molecule has 4 fully saturated rings. The van der Waals surface area contributed by atoms with E-state index >= 15 is 0 Å². The van der Waals surface area contributed by atoms with Crippen molar-refractivity contribution in [2.75, 3.05) is 34.3 Å². The molecule has 1 aliphatic carbocycles. The molecule has 0 unspecified atom stereocenters. The molecular weight excluding hydrogens is 750 g/mol. The third kappa shape index (κ3) is 10.9. The molecule has 18 atom stereocenters. The van der Waals surface area contributed by atoms with Crippen molar-refractivity contribution in [3.8, 4) is 0 Å². The first-order chi connectivity index (χ1) is 26.9. The van der Waals surface area contributed by atoms with Crippen molar-refractivity contribution in [2.45, 2.75) is 216 Å². The zero-order valence-electron chi connectivity index (χ0n) is 37.8. The molecule has 7 N–H and O–H groups in total. The molecule has 340 valence electrons. The van der Waals surface area contributed by atoms with E-state index in [1.807, 2.05) is 46.7 Å². The van der Waals surface area contributed by atoms with Gasteiger partial charge in [0, 0.05) is 44.1 Å². The lowest BCUT2D eigenvalue weighted by Gasteiger charge is -2.54. The fourth-order valence-electron chi connectivity index (χ4n) is 10.2. The first-order valence-electron chi connectivity index (χ1n) is 22.0. The Morgan fingerprint density at radius 3 is 2.17 bits per heavy atom. The summed E-state index contributed by atoms with van der Waals surface area (Å²) in [4.78, 5) is 16.3. The van der Waals surface area contributed by atoms with Gasteiger partial charge < -0.3 is 69.5 Å². The highest BCUT2D eigenvalue weighted by Gasteiger charge is 2.58. The van der Waals surface area contributed by atoms with E-state index in [4.69, 9.17) is 28.4 Å². The third-order valence-electron chi connectivity index (χ3n) is 14.2. The summed E-state index contributed by atoms with van der Waals surface area (Å²) in [5, 5.41) is 66.4. The number of aliphatic hydroxyl groups excluding tert-OH is 2. The normalized spacial score (nSPS) is 48.4. The van der Waals surface area contributed by atoms with Gasteiger partial charge in [-0.2, -0.15) is 0 Å². The molecule has 58 heavy (non-hydrogen) atoms. The van der Waals surface area contributed by atoms with E-state index in [9.17, 15) is 30.3 Å². The Bertz CT molecular complexity index is 1300. The van der Waals surface area contributed by atoms with Crippen LogP contribution in [0.2, 0.25) is 0 Å². The fourth-order valence-corrected chi connectivity index (χ4v) is 10.2. The lowest BCUT2D eigenvalue weighted by Crippen LogP contribution is -2.70. The molecule has 0 radical (unpaired) electrons. The second kappa shape index (κ2) is 20.0. The zero-order valence-corrected chi connectivity index (χ0v) is 37.8. The van der Waals surface area contributed by atoms with Crippen LogP contribution in [0.5, 0.6) is 0 Å². The van der Waals surface area contributed by atoms with Crippen molar-refractivity contribution in [3.05, 3.63) is 0 Å². The Hall–Kier alpha value is -1.05. The van der Waals surface area contributed by atoms with Gasteiger partial charge in [-0.3, -0.25) is 4.79 Å². The molecule has 3 saturated heterocycles. The molecule has 1 saturated carbocycles. The minimum absolute atomic E-state index is 0.106. The Kier molecular flexibility index (Phi) is 17.1. The molecule has 0 spiro atoms. The van der Waals surface area contributed by atoms with Gasteiger partial charge in [0.2, 0.25) is 0 Å². The number of hydrogen-bond donors (Lipinski definition) is 7. The van der Waals surface area contributed by atoms with Gasteiger partial charge in [-0.25, -0.2) is 0 Å². The van der Waals surface area contributed by atoms with Crippen molar-refractivity contribution >= 4 is 5.97 Å². The van der Waals surface area contributed by atoms with E-state index < -0.39 is 95.5 Å². The maximum Gasteiger partial charge on any atom is 0.311 e. The molecule has 0 aromatic heterocycles. The van der Waals surface area contributed by atoms with Gasteiger partial charge >= 0.3 is 5.97 Å². The van der Waals surface area contributed by atoms with Crippen LogP contribution in [0.25, 0.3) is 0 Å². The van der Waals surface area contributed by atoms with E-state index in [0.717, 1.165) is 25.7 Å². The standard InChI is InChI=1S/C43H81N3O12/c1-14-32-42(10,51)36(48)28(6)44-22-24(2)20-40(8,50)37(58-39-34(47)31(46(11)12)19-25(3)54-39)26(4)35(27(5)38(49)56-32)57-33-21-41(9,53-13)43(52,29(7)55-33)23-45-30-17-15-16-18-30/h24-37,39,44-45,47-48,50-52H,14-23H2,1-13H3/t24-,25-,26+,27-,28-,29+,31+,32-,33+,34-,35+,36-,37-,39+,40+,41-,42-,43-/m1/s1. The maximum atomic E-state index is 14.4. The van der Waals surface area contributed by atoms with E-state index in [1.165, 1.54) is 6.92 Å². The quantitative estimate of drug-likeness (QED) is 0.158. The number of nitrogens with one attached hydrogen (secondary N) is 2. The number of rotatable bonds is 10. The number of carbonyl (C=O) groups is 1. The zero-order chi connectivity index (χ0) is 43.5. The van der Waals surface area contributed by atoms with Crippen LogP contribution in [0, 0.1) is 17.8 Å². The number of ether oxygens (including phenoxy) is 6. The van der Waals surface area contributed by atoms with Gasteiger partial charge in [0.25, 0.3) is 0 Å². The fraction of sp³-hybridized carbons (Fsp3) is 0.977. The SMILES string of the molecule is CC[C@H]1OC(=O)[C@H](C)[C@@H](O[C@H]2C[C@@](C)(OC)[C@@](O)(CNC3CCCC3)[C@H](C)O2)[C@H](C)[C@@H](O[C@@H]2O[C@H](C)C[C@H](N(C)C)[C@H]2O)[C@@](C)(O)C[C@@H](C)CN[C@H](C)[C@@H](O)[C@]1(C)O. The summed E-state index contributed by atoms with van der Waals surface area (Å²) in [5.74, 6) is -2.65. The Morgan fingerprint density at radius 2 is 1.59 bits per heavy atom. The first kappa shape index (κ1) is 49.6. The molecule has 3 aliphatic heterocycles. The molecular formula is C43H81N3O12. The van der Waals surface area contributed by atoms with Crippen molar-refractivity contribution < 1.29 is 58.7 Å². The van der Waals surface area contributed by atoms with Crippen molar-refractivity contribution in [1.82, 2.24) is 15.5 Å². The average molecular weight is 832 g/mol. The smallest absolute Gasteiger partial charge is 0.311 e. The van der Waals surface area contributed by atoms with E-state index in [2.05, 4.69) is 10.6 Å². The summed E-state index contributed by atoms with van der Waals surface area (Å²) in [6, 6.07) is -0.573. The van der Waals surface area contributed by atoms with Crippen molar-refractivity contribution in [3.63, 3.8) is 0 Å². The summed E-state index contributed by atoms with van der Waals surface area (Å²) in [6.07, 6.45) is -3.16. The van der Waals surface area contributed by atoms with Gasteiger partial charge in [-0.05, 0) is 107 Å². The Balaban J connectivity index is 1.77. The lowest BCUT2D eigenvalue weighted by molar-refractivity contribution is -0.336. The van der Waals surface area contributed by atoms with Crippen LogP contribution < -0.4 is 10.6 Å². The van der Waals surface area contributed by atoms with E-state index in [0.29, 0.717) is 19.0 Å². The second-order valence-electron chi connectivity index (χ2n) is 19.4. The van der Waals surface area contributed by atoms with Gasteiger partial charge in [-0.15, -0.1) is 0 Å². The number of nitrogens with zero attached hydrogens (tertiary/aromatic N) is 1. The van der Waals surface area contributed by atoms with Gasteiger partial charge in [-0.1, -0.05) is 33.6 Å². The Labute approximate surface area is 348 Å². The predicted octanol–water partition coefficient (Wildman–Crippen LogP) is 2.46. The molecule has 0 amide bonds. The van der Waals surface area contributed by atoms with Crippen LogP contribution in [-0.2, 0) is 33.2 Å². The summed E-state index contributed by atoms with van der Waals surface area (Å²) in [5.41, 5.74) is -5.94. The third-order valence-corrected chi connectivity index (χ3v) is 14.2. The minimum atomic E-state index is -1.81. The van der Waals surface area contributed by atoms with E-state index in [-0.39, 0.29) is 43.9 Å². The number of aliphatic hydroxyl groups is 5. The summed E-state index contributed by atoms with van der Waals surface area (Å²) < 4.78 is 38.6. The average Bonchev–Trinajstić information content (AvgIpc) is 3.68. The number of cyclic esters (lactones) is 1. The highest BCUT2D eigenvalue weighted by atomic mass is 16.7. The maximum absolute atomic E-state index is 14.4. The molecule has 4 aliphatic rings. The molecule has 3 heterocycles. The Morgan fingerprint density at radius 1 is 0.948 bits per heavy atom. The first-order valence-corrected chi connectivity index (χ1v) is 22.0. The molecule has 0 bridgehead atoms. The lowest BCUT2D eigenvalue weighted by atomic mass is 9.75. The molecule has 0 aromatic rings. The highest BCUT2D eigenvalue weighted by molar-refractivity contribution is 5.73. The highest BCUT2D eigenvalue weighted by Crippen LogP contribution is 2.43. The molecule has 15 nitrogen and oxygen atoms in total. The number of methoxy groups -OCH3 is 1. The number of carbonyl (C=O) groups excluding carboxylic acids is 1. The van der Waals surface area contributed by atoms with Crippen LogP contribution in [0.4, 0.5) is 0 Å².